The van der Waals surface area contributed by atoms with Crippen molar-refractivity contribution < 1.29 is 54.8 Å². The number of fused-ring (bicyclic) bond motifs is 2. The maximum Gasteiger partial charge on any atom is 0.333 e. The minimum Gasteiger partial charge on any atom is -0.459 e. The summed E-state index contributed by atoms with van der Waals surface area (Å²) in [4.78, 5) is 26.7. The van der Waals surface area contributed by atoms with Crippen LogP contribution in [0, 0.1) is 29.6 Å². The molecule has 0 radical (unpaired) electrons. The Bertz CT molecular complexity index is 1510. The fraction of sp³-hybridized carbons (Fsp3) is 0.708. The van der Waals surface area contributed by atoms with Crippen molar-refractivity contribution in [2.24, 2.45) is 29.6 Å². The summed E-state index contributed by atoms with van der Waals surface area (Å²) in [7, 11) is 0. The molecule has 0 spiro atoms. The predicted octanol–water partition coefficient (Wildman–Crippen LogP) is 6.73. The van der Waals surface area contributed by atoms with E-state index in [9.17, 15) is 45.3 Å². The van der Waals surface area contributed by atoms with E-state index in [-0.39, 0.29) is 67.7 Å². The Labute approximate surface area is 354 Å². The average molecular weight is 831 g/mol. The van der Waals surface area contributed by atoms with E-state index in [4.69, 9.17) is 9.47 Å². The van der Waals surface area contributed by atoms with Gasteiger partial charge in [0.1, 0.15) is 11.9 Å². The molecule has 1 saturated heterocycles. The molecule has 11 nitrogen and oxygen atoms in total. The van der Waals surface area contributed by atoms with Gasteiger partial charge in [-0.15, -0.1) is 0 Å². The van der Waals surface area contributed by atoms with Crippen LogP contribution in [0.2, 0.25) is 0 Å². The van der Waals surface area contributed by atoms with Crippen molar-refractivity contribution in [3.8, 4) is 0 Å². The van der Waals surface area contributed by atoms with Crippen LogP contribution < -0.4 is 0 Å². The predicted molar refractivity (Wildman–Crippen MR) is 232 cm³/mol. The number of aliphatic hydroxyl groups is 7. The van der Waals surface area contributed by atoms with Crippen LogP contribution in [-0.4, -0.2) is 102 Å². The quantitative estimate of drug-likeness (QED) is 0.0912. The fourth-order valence-corrected chi connectivity index (χ4v) is 7.60. The minimum absolute atomic E-state index is 0.0661. The molecular formula is C48H78O11. The number of cyclic esters (lactones) is 1. The maximum atomic E-state index is 13.5. The van der Waals surface area contributed by atoms with Gasteiger partial charge in [0.25, 0.3) is 0 Å². The van der Waals surface area contributed by atoms with E-state index in [2.05, 4.69) is 0 Å². The Morgan fingerprint density at radius 1 is 0.949 bits per heavy atom. The highest BCUT2D eigenvalue weighted by molar-refractivity contribution is 5.87. The van der Waals surface area contributed by atoms with Gasteiger partial charge in [0.05, 0.1) is 42.7 Å². The van der Waals surface area contributed by atoms with Gasteiger partial charge in [0.15, 0.2) is 5.79 Å². The van der Waals surface area contributed by atoms with Crippen LogP contribution in [0.3, 0.4) is 0 Å². The maximum absolute atomic E-state index is 13.5. The van der Waals surface area contributed by atoms with Crippen LogP contribution in [0.15, 0.2) is 70.9 Å². The van der Waals surface area contributed by atoms with Gasteiger partial charge in [0, 0.05) is 54.9 Å². The van der Waals surface area contributed by atoms with Crippen molar-refractivity contribution in [3.05, 3.63) is 70.9 Å². The van der Waals surface area contributed by atoms with Gasteiger partial charge in [-0.05, 0) is 77.7 Å². The molecule has 0 amide bonds. The fourth-order valence-electron chi connectivity index (χ4n) is 7.60. The number of ether oxygens (including phenoxy) is 2. The van der Waals surface area contributed by atoms with Gasteiger partial charge in [-0.25, -0.2) is 4.79 Å². The zero-order chi connectivity index (χ0) is 44.6. The highest BCUT2D eigenvalue weighted by Crippen LogP contribution is 2.37. The number of aliphatic hydroxyl groups excluding tert-OH is 6. The normalized spacial score (nSPS) is 36.2. The number of hydrogen-bond acceptors (Lipinski definition) is 11. The molecule has 2 bridgehead atoms. The first kappa shape index (κ1) is 52.4. The number of hydrogen-bond donors (Lipinski definition) is 7. The van der Waals surface area contributed by atoms with Crippen molar-refractivity contribution in [3.63, 3.8) is 0 Å². The van der Waals surface area contributed by atoms with E-state index in [0.29, 0.717) is 42.4 Å². The van der Waals surface area contributed by atoms with Crippen molar-refractivity contribution in [1.29, 1.82) is 0 Å². The van der Waals surface area contributed by atoms with E-state index in [1.54, 1.807) is 40.7 Å². The van der Waals surface area contributed by atoms with E-state index in [1.807, 2.05) is 71.1 Å². The van der Waals surface area contributed by atoms with Crippen molar-refractivity contribution in [2.75, 3.05) is 0 Å². The standard InChI is InChI=1S/C48H78O11/c1-11-39(49)37(10)43(53)27-45(55)44(54)25-30(3)24-35(8)46-28-42(52)32(5)16-14-12-13-15-31(4)41(51)26-38-19-18-36(9)48(57,59-38)22-21-29(2)23-34(7)40(50)20-17-33(6)47(56)58-46/h12-14,16-17,21,23,25,31-32,35-40,42-46,49-50,52-55,57H,11,15,18-20,22,24,26-28H2,1-10H3/b13-12+,16-14+,29-21-,30-25+,33-17+,34-23+/t31-,32+,35+,36+,37+,38+,39+,40+,42-,43-,44+,45+,46-,48+/m1/s1. The summed E-state index contributed by atoms with van der Waals surface area (Å²) in [5.74, 6) is -3.41. The molecule has 0 aromatic heterocycles. The van der Waals surface area contributed by atoms with Gasteiger partial charge in [-0.2, -0.15) is 0 Å². The largest absolute Gasteiger partial charge is 0.459 e. The van der Waals surface area contributed by atoms with Gasteiger partial charge < -0.3 is 45.2 Å². The molecule has 7 N–H and O–H groups in total. The molecule has 0 aromatic carbocycles. The van der Waals surface area contributed by atoms with Crippen molar-refractivity contribution in [1.82, 2.24) is 0 Å². The first-order valence-corrected chi connectivity index (χ1v) is 21.8. The summed E-state index contributed by atoms with van der Waals surface area (Å²) < 4.78 is 12.2. The van der Waals surface area contributed by atoms with Gasteiger partial charge in [0.2, 0.25) is 0 Å². The van der Waals surface area contributed by atoms with Crippen LogP contribution in [0.5, 0.6) is 0 Å². The second kappa shape index (κ2) is 25.3. The zero-order valence-corrected chi connectivity index (χ0v) is 37.5. The molecule has 11 heteroatoms. The first-order valence-electron chi connectivity index (χ1n) is 21.8. The highest BCUT2D eigenvalue weighted by Gasteiger charge is 2.41. The van der Waals surface area contributed by atoms with Crippen LogP contribution in [-0.2, 0) is 19.1 Å². The average Bonchev–Trinajstić information content (AvgIpc) is 3.18. The topological polar surface area (TPSA) is 194 Å². The van der Waals surface area contributed by atoms with Gasteiger partial charge in [-0.1, -0.05) is 101 Å². The third-order valence-corrected chi connectivity index (χ3v) is 12.4. The monoisotopic (exact) mass is 831 g/mol. The Kier molecular flexibility index (Phi) is 22.4. The minimum atomic E-state index is -1.41. The summed E-state index contributed by atoms with van der Waals surface area (Å²) in [6.07, 6.45) is 10.5. The lowest BCUT2D eigenvalue weighted by atomic mass is 9.85. The molecule has 2 aliphatic heterocycles. The smallest absolute Gasteiger partial charge is 0.333 e. The molecule has 1 fully saturated rings. The number of allylic oxidation sites excluding steroid dienone is 6. The lowest BCUT2D eigenvalue weighted by molar-refractivity contribution is -0.277. The Hall–Kier alpha value is -2.74. The van der Waals surface area contributed by atoms with E-state index < -0.39 is 60.4 Å². The lowest BCUT2D eigenvalue weighted by Crippen LogP contribution is -2.47. The third kappa shape index (κ3) is 17.6. The van der Waals surface area contributed by atoms with Gasteiger partial charge in [-0.3, -0.25) is 4.79 Å². The van der Waals surface area contributed by atoms with Gasteiger partial charge >= 0.3 is 5.97 Å². The molecule has 0 unspecified atom stereocenters. The molecule has 336 valence electrons. The SMILES string of the molecule is CC[C@H](O)[C@H](C)[C@H](O)C[C@H](O)[C@@H](O)/C=C(\C)C[C@H](C)[C@H]1C[C@@H](O)[C@@H](C)/C=C/C=C/C[C@@H](C)C(=O)C[C@@H]2CC[C@H](C)[C@](O)(C/C=C(C)\C=C(/C)[C@@H](O)C/C=C(\C)C(=O)O1)O2. The lowest BCUT2D eigenvalue weighted by Gasteiger charge is -2.41. The number of carbonyl (C=O) groups is 2. The van der Waals surface area contributed by atoms with E-state index in [0.717, 1.165) is 12.0 Å². The molecule has 0 saturated carbocycles. The number of esters is 1. The molecule has 2 heterocycles. The zero-order valence-electron chi connectivity index (χ0n) is 37.5. The molecule has 14 atom stereocenters. The Morgan fingerprint density at radius 3 is 2.29 bits per heavy atom. The second-order valence-electron chi connectivity index (χ2n) is 17.9. The molecule has 59 heavy (non-hydrogen) atoms. The summed E-state index contributed by atoms with van der Waals surface area (Å²) in [6, 6.07) is 0. The Morgan fingerprint density at radius 2 is 1.63 bits per heavy atom. The van der Waals surface area contributed by atoms with Crippen LogP contribution in [0.25, 0.3) is 0 Å². The van der Waals surface area contributed by atoms with Crippen molar-refractivity contribution in [2.45, 2.75) is 188 Å². The van der Waals surface area contributed by atoms with Crippen LogP contribution >= 0.6 is 0 Å². The summed E-state index contributed by atoms with van der Waals surface area (Å²) in [5.41, 5.74) is 2.52. The van der Waals surface area contributed by atoms with E-state index >= 15 is 0 Å². The summed E-state index contributed by atoms with van der Waals surface area (Å²) in [6.45, 7) is 18.2. The number of carbonyl (C=O) groups excluding carboxylic acids is 2. The number of ketones is 1. The number of Topliss-reactive ketones (excluding diaryl/α,β-unsaturated/α-hetero) is 1. The van der Waals surface area contributed by atoms with E-state index in [1.165, 1.54) is 6.08 Å². The van der Waals surface area contributed by atoms with Crippen molar-refractivity contribution >= 4 is 11.8 Å². The molecule has 2 aliphatic rings. The second-order valence-corrected chi connectivity index (χ2v) is 17.9. The summed E-state index contributed by atoms with van der Waals surface area (Å²) >= 11 is 0. The van der Waals surface area contributed by atoms with Crippen LogP contribution in [0.1, 0.15) is 133 Å². The molecule has 0 aromatic rings. The van der Waals surface area contributed by atoms with Crippen LogP contribution in [0.4, 0.5) is 0 Å². The highest BCUT2D eigenvalue weighted by atomic mass is 16.6. The Balaban J connectivity index is 2.35. The third-order valence-electron chi connectivity index (χ3n) is 12.4. The molecule has 0 aliphatic carbocycles. The summed E-state index contributed by atoms with van der Waals surface area (Å²) in [5, 5.41) is 75.9. The molecular weight excluding hydrogens is 753 g/mol. The first-order chi connectivity index (χ1) is 27.6. The number of rotatable bonds is 10. The molecule has 2 rings (SSSR count).